The molecule has 27 heavy (non-hydrogen) atoms. The topological polar surface area (TPSA) is 37.3 Å². The van der Waals surface area contributed by atoms with Crippen LogP contribution < -0.4 is 0 Å². The van der Waals surface area contributed by atoms with Gasteiger partial charge in [-0.05, 0) is 112 Å². The fourth-order valence-electron chi connectivity index (χ4n) is 8.93. The van der Waals surface area contributed by atoms with Gasteiger partial charge < -0.3 is 9.90 Å². The first kappa shape index (κ1) is 19.9. The van der Waals surface area contributed by atoms with Crippen LogP contribution in [0, 0.1) is 40.4 Å². The van der Waals surface area contributed by atoms with E-state index in [4.69, 9.17) is 0 Å². The summed E-state index contributed by atoms with van der Waals surface area (Å²) < 4.78 is 0. The molecule has 0 amide bonds. The van der Waals surface area contributed by atoms with Crippen LogP contribution in [0.4, 0.5) is 0 Å². The van der Waals surface area contributed by atoms with Crippen LogP contribution in [-0.4, -0.2) is 17.0 Å². The highest BCUT2D eigenvalue weighted by molar-refractivity contribution is 5.50. The van der Waals surface area contributed by atoms with E-state index >= 15 is 0 Å². The number of fused-ring (bicyclic) bond motifs is 5. The Morgan fingerprint density at radius 1 is 0.963 bits per heavy atom. The molecular formula is C25H42O2. The first-order chi connectivity index (χ1) is 12.9. The summed E-state index contributed by atoms with van der Waals surface area (Å²) in [4.78, 5) is 11.4. The number of hydrogen-bond donors (Lipinski definition) is 1. The van der Waals surface area contributed by atoms with E-state index in [9.17, 15) is 9.90 Å². The normalized spacial score (nSPS) is 52.8. The molecule has 4 aliphatic rings. The number of rotatable bonds is 3. The minimum absolute atomic E-state index is 0.389. The highest BCUT2D eigenvalue weighted by Gasteiger charge is 2.60. The van der Waals surface area contributed by atoms with Gasteiger partial charge in [-0.25, -0.2) is 0 Å². The molecule has 0 aliphatic heterocycles. The van der Waals surface area contributed by atoms with Gasteiger partial charge in [0.2, 0.25) is 0 Å². The maximum atomic E-state index is 11.4. The van der Waals surface area contributed by atoms with E-state index in [0.717, 1.165) is 42.9 Å². The predicted octanol–water partition coefficient (Wildman–Crippen LogP) is 6.16. The number of hydrogen-bond acceptors (Lipinski definition) is 2. The van der Waals surface area contributed by atoms with Crippen LogP contribution in [0.2, 0.25) is 0 Å². The standard InChI is InChI=1S/C25H42O2/c1-4-25-15-14-23(2,27)17-19(25)9-10-20-21-8-6-5-7-18(12-16-26)24(21,3)13-11-22(20)25/h16,18-22,27H,4-15,17H2,1-3H3/t18-,19-,20+,21+,22+,23-,24+,25+/m1/s1. The van der Waals surface area contributed by atoms with Crippen LogP contribution in [0.1, 0.15) is 104 Å². The molecule has 8 atom stereocenters. The molecule has 4 aliphatic carbocycles. The van der Waals surface area contributed by atoms with Crippen molar-refractivity contribution in [2.24, 2.45) is 40.4 Å². The van der Waals surface area contributed by atoms with Crippen molar-refractivity contribution in [1.29, 1.82) is 0 Å². The second-order valence-corrected chi connectivity index (χ2v) is 11.4. The third-order valence-electron chi connectivity index (χ3n) is 10.4. The molecule has 0 unspecified atom stereocenters. The maximum Gasteiger partial charge on any atom is 0.120 e. The lowest BCUT2D eigenvalue weighted by molar-refractivity contribution is -0.164. The van der Waals surface area contributed by atoms with Crippen molar-refractivity contribution in [3.8, 4) is 0 Å². The number of aliphatic hydroxyl groups is 1. The van der Waals surface area contributed by atoms with Crippen LogP contribution in [0.15, 0.2) is 0 Å². The first-order valence-corrected chi connectivity index (χ1v) is 12.0. The Labute approximate surface area is 166 Å². The average molecular weight is 375 g/mol. The van der Waals surface area contributed by atoms with Crippen LogP contribution in [0.5, 0.6) is 0 Å². The zero-order valence-corrected chi connectivity index (χ0v) is 18.0. The quantitative estimate of drug-likeness (QED) is 0.601. The fourth-order valence-corrected chi connectivity index (χ4v) is 8.93. The Hall–Kier alpha value is -0.370. The molecule has 2 heteroatoms. The average Bonchev–Trinajstić information content (AvgIpc) is 2.80. The molecule has 0 heterocycles. The van der Waals surface area contributed by atoms with Gasteiger partial charge in [0, 0.05) is 6.42 Å². The molecule has 154 valence electrons. The minimum atomic E-state index is -0.434. The van der Waals surface area contributed by atoms with Gasteiger partial charge in [0.15, 0.2) is 0 Å². The Balaban J connectivity index is 1.64. The number of aldehydes is 1. The van der Waals surface area contributed by atoms with Crippen LogP contribution in [0.25, 0.3) is 0 Å². The molecule has 4 fully saturated rings. The van der Waals surface area contributed by atoms with Gasteiger partial charge in [-0.1, -0.05) is 26.7 Å². The third-order valence-corrected chi connectivity index (χ3v) is 10.4. The van der Waals surface area contributed by atoms with E-state index in [1.807, 2.05) is 0 Å². The van der Waals surface area contributed by atoms with Crippen LogP contribution in [0.3, 0.4) is 0 Å². The minimum Gasteiger partial charge on any atom is -0.390 e. The monoisotopic (exact) mass is 374 g/mol. The van der Waals surface area contributed by atoms with E-state index in [-0.39, 0.29) is 0 Å². The number of carbonyl (C=O) groups excluding carboxylic acids is 1. The molecule has 0 aromatic rings. The Morgan fingerprint density at radius 2 is 1.74 bits per heavy atom. The highest BCUT2D eigenvalue weighted by atomic mass is 16.3. The SMILES string of the molecule is CC[C@]12CC[C@@](C)(O)C[C@H]1CC[C@H]1[C@@H]3CCCC[C@H](CC=O)[C@]3(C)CC[C@@H]12. The second kappa shape index (κ2) is 7.15. The summed E-state index contributed by atoms with van der Waals surface area (Å²) in [6.45, 7) is 7.07. The summed E-state index contributed by atoms with van der Waals surface area (Å²) in [6.07, 6.45) is 17.3. The van der Waals surface area contributed by atoms with Gasteiger partial charge in [0.25, 0.3) is 0 Å². The van der Waals surface area contributed by atoms with Crippen molar-refractivity contribution >= 4 is 6.29 Å². The highest BCUT2D eigenvalue weighted by Crippen LogP contribution is 2.67. The van der Waals surface area contributed by atoms with Crippen molar-refractivity contribution in [3.05, 3.63) is 0 Å². The lowest BCUT2D eigenvalue weighted by Crippen LogP contribution is -2.57. The summed E-state index contributed by atoms with van der Waals surface area (Å²) in [6, 6.07) is 0. The summed E-state index contributed by atoms with van der Waals surface area (Å²) in [7, 11) is 0. The largest absolute Gasteiger partial charge is 0.390 e. The molecule has 0 saturated heterocycles. The van der Waals surface area contributed by atoms with E-state index in [0.29, 0.717) is 16.7 Å². The summed E-state index contributed by atoms with van der Waals surface area (Å²) in [5.74, 6) is 3.91. The third kappa shape index (κ3) is 3.13. The van der Waals surface area contributed by atoms with Gasteiger partial charge >= 0.3 is 0 Å². The van der Waals surface area contributed by atoms with Crippen LogP contribution >= 0.6 is 0 Å². The Kier molecular flexibility index (Phi) is 5.28. The molecule has 4 saturated carbocycles. The van der Waals surface area contributed by atoms with E-state index in [1.165, 1.54) is 70.5 Å². The molecule has 0 spiro atoms. The van der Waals surface area contributed by atoms with Gasteiger partial charge in [-0.2, -0.15) is 0 Å². The Bertz CT molecular complexity index is 555. The molecule has 0 aromatic carbocycles. The smallest absolute Gasteiger partial charge is 0.120 e. The molecule has 1 N–H and O–H groups in total. The van der Waals surface area contributed by atoms with Gasteiger partial charge in [-0.3, -0.25) is 0 Å². The molecule has 2 nitrogen and oxygen atoms in total. The number of carbonyl (C=O) groups is 1. The lowest BCUT2D eigenvalue weighted by atomic mass is 9.41. The van der Waals surface area contributed by atoms with Crippen molar-refractivity contribution in [3.63, 3.8) is 0 Å². The molecule has 0 aromatic heterocycles. The summed E-state index contributed by atoms with van der Waals surface area (Å²) in [5.41, 5.74) is 0.441. The fraction of sp³-hybridized carbons (Fsp3) is 0.960. The van der Waals surface area contributed by atoms with E-state index < -0.39 is 5.60 Å². The first-order valence-electron chi connectivity index (χ1n) is 12.0. The molecule has 0 radical (unpaired) electrons. The zero-order chi connectivity index (χ0) is 19.3. The maximum absolute atomic E-state index is 11.4. The van der Waals surface area contributed by atoms with Gasteiger partial charge in [0.05, 0.1) is 5.60 Å². The van der Waals surface area contributed by atoms with E-state index in [1.54, 1.807) is 0 Å². The van der Waals surface area contributed by atoms with Crippen molar-refractivity contribution in [2.75, 3.05) is 0 Å². The van der Waals surface area contributed by atoms with Crippen LogP contribution in [-0.2, 0) is 4.79 Å². The Morgan fingerprint density at radius 3 is 2.48 bits per heavy atom. The lowest BCUT2D eigenvalue weighted by Gasteiger charge is -2.64. The second-order valence-electron chi connectivity index (χ2n) is 11.4. The molecule has 0 bridgehead atoms. The van der Waals surface area contributed by atoms with Crippen molar-refractivity contribution in [1.82, 2.24) is 0 Å². The van der Waals surface area contributed by atoms with Gasteiger partial charge in [0.1, 0.15) is 6.29 Å². The molecule has 4 rings (SSSR count). The summed E-state index contributed by atoms with van der Waals surface area (Å²) in [5, 5.41) is 10.7. The van der Waals surface area contributed by atoms with Crippen molar-refractivity contribution < 1.29 is 9.90 Å². The summed E-state index contributed by atoms with van der Waals surface area (Å²) >= 11 is 0. The van der Waals surface area contributed by atoms with E-state index in [2.05, 4.69) is 20.8 Å². The van der Waals surface area contributed by atoms with Crippen molar-refractivity contribution in [2.45, 2.75) is 110 Å². The zero-order valence-electron chi connectivity index (χ0n) is 18.0. The van der Waals surface area contributed by atoms with Gasteiger partial charge in [-0.15, -0.1) is 0 Å². The predicted molar refractivity (Wildman–Crippen MR) is 110 cm³/mol. The molecular weight excluding hydrogens is 332 g/mol.